The van der Waals surface area contributed by atoms with Gasteiger partial charge in [-0.3, -0.25) is 4.79 Å². The molecule has 2 aromatic carbocycles. The van der Waals surface area contributed by atoms with Crippen molar-refractivity contribution in [1.82, 2.24) is 5.32 Å². The summed E-state index contributed by atoms with van der Waals surface area (Å²) in [5.74, 6) is -0.539. The Bertz CT molecular complexity index is 720. The first kappa shape index (κ1) is 17.7. The van der Waals surface area contributed by atoms with Gasteiger partial charge < -0.3 is 5.32 Å². The molecule has 3 heteroatoms. The van der Waals surface area contributed by atoms with Crippen molar-refractivity contribution in [2.24, 2.45) is 5.41 Å². The number of nitrogens with one attached hydrogen (secondary N) is 1. The van der Waals surface area contributed by atoms with Gasteiger partial charge in [0.25, 0.3) is 5.91 Å². The van der Waals surface area contributed by atoms with Crippen LogP contribution in [0.5, 0.6) is 0 Å². The smallest absolute Gasteiger partial charge is 0.251 e. The molecule has 0 radical (unpaired) electrons. The van der Waals surface area contributed by atoms with Crippen molar-refractivity contribution < 1.29 is 9.18 Å². The van der Waals surface area contributed by atoms with Crippen molar-refractivity contribution in [3.8, 4) is 0 Å². The Kier molecular flexibility index (Phi) is 5.52. The molecule has 1 amide bonds. The van der Waals surface area contributed by atoms with Crippen molar-refractivity contribution in [2.45, 2.75) is 45.4 Å². The monoisotopic (exact) mass is 339 g/mol. The molecule has 1 fully saturated rings. The van der Waals surface area contributed by atoms with Crippen molar-refractivity contribution in [1.29, 1.82) is 0 Å². The molecule has 0 heterocycles. The van der Waals surface area contributed by atoms with E-state index in [1.54, 1.807) is 6.07 Å². The van der Waals surface area contributed by atoms with E-state index in [4.69, 9.17) is 0 Å². The van der Waals surface area contributed by atoms with Crippen LogP contribution >= 0.6 is 0 Å². The second-order valence-corrected chi connectivity index (χ2v) is 7.36. The van der Waals surface area contributed by atoms with Crippen LogP contribution in [0.3, 0.4) is 0 Å². The summed E-state index contributed by atoms with van der Waals surface area (Å²) in [6.07, 6.45) is 6.93. The average Bonchev–Trinajstić information content (AvgIpc) is 2.63. The molecule has 0 aromatic heterocycles. The lowest BCUT2D eigenvalue weighted by Crippen LogP contribution is -2.40. The number of aryl methyl sites for hydroxylation is 1. The summed E-state index contributed by atoms with van der Waals surface area (Å²) in [6.45, 7) is 2.49. The maximum Gasteiger partial charge on any atom is 0.251 e. The molecule has 0 bridgehead atoms. The SMILES string of the molecule is Cc1ccc(F)cc1C(=O)NCC1(Cc2ccccc2)CCCCC1. The van der Waals surface area contributed by atoms with Crippen LogP contribution in [0.2, 0.25) is 0 Å². The van der Waals surface area contributed by atoms with E-state index < -0.39 is 0 Å². The molecule has 0 aliphatic heterocycles. The standard InChI is InChI=1S/C22H26FNO/c1-17-10-11-19(23)14-20(17)21(25)24-16-22(12-6-3-7-13-22)15-18-8-4-2-5-9-18/h2,4-5,8-11,14H,3,6-7,12-13,15-16H2,1H3,(H,24,25). The highest BCUT2D eigenvalue weighted by Crippen LogP contribution is 2.38. The fraction of sp³-hybridized carbons (Fsp3) is 0.409. The molecular weight excluding hydrogens is 313 g/mol. The third kappa shape index (κ3) is 4.47. The molecule has 0 unspecified atom stereocenters. The molecule has 25 heavy (non-hydrogen) atoms. The summed E-state index contributed by atoms with van der Waals surface area (Å²) >= 11 is 0. The van der Waals surface area contributed by atoms with Crippen LogP contribution < -0.4 is 5.32 Å². The highest BCUT2D eigenvalue weighted by atomic mass is 19.1. The van der Waals surface area contributed by atoms with Gasteiger partial charge in [-0.15, -0.1) is 0 Å². The first-order valence-corrected chi connectivity index (χ1v) is 9.16. The van der Waals surface area contributed by atoms with E-state index in [-0.39, 0.29) is 17.1 Å². The number of benzene rings is 2. The Balaban J connectivity index is 1.72. The largest absolute Gasteiger partial charge is 0.351 e. The molecule has 132 valence electrons. The Morgan fingerprint density at radius 1 is 1.08 bits per heavy atom. The molecule has 2 nitrogen and oxygen atoms in total. The molecule has 1 aliphatic rings. The number of amides is 1. The number of hydrogen-bond acceptors (Lipinski definition) is 1. The second-order valence-electron chi connectivity index (χ2n) is 7.36. The molecule has 2 aromatic rings. The molecule has 1 N–H and O–H groups in total. The highest BCUT2D eigenvalue weighted by molar-refractivity contribution is 5.95. The van der Waals surface area contributed by atoms with Crippen LogP contribution in [-0.4, -0.2) is 12.5 Å². The van der Waals surface area contributed by atoms with E-state index in [2.05, 4.69) is 29.6 Å². The predicted molar refractivity (Wildman–Crippen MR) is 99.1 cm³/mol. The number of rotatable bonds is 5. The first-order chi connectivity index (χ1) is 12.1. The summed E-state index contributed by atoms with van der Waals surface area (Å²) < 4.78 is 13.5. The zero-order chi connectivity index (χ0) is 17.7. The molecule has 1 aliphatic carbocycles. The molecule has 0 saturated heterocycles. The van der Waals surface area contributed by atoms with Crippen LogP contribution in [-0.2, 0) is 6.42 Å². The van der Waals surface area contributed by atoms with E-state index in [1.807, 2.05) is 13.0 Å². The fourth-order valence-electron chi connectivity index (χ4n) is 3.95. The van der Waals surface area contributed by atoms with E-state index >= 15 is 0 Å². The summed E-state index contributed by atoms with van der Waals surface area (Å²) in [6, 6.07) is 14.9. The van der Waals surface area contributed by atoms with Crippen molar-refractivity contribution in [3.63, 3.8) is 0 Å². The van der Waals surface area contributed by atoms with Crippen LogP contribution in [0.15, 0.2) is 48.5 Å². The molecule has 1 saturated carbocycles. The van der Waals surface area contributed by atoms with Gasteiger partial charge in [-0.2, -0.15) is 0 Å². The van der Waals surface area contributed by atoms with Gasteiger partial charge in [-0.1, -0.05) is 55.7 Å². The van der Waals surface area contributed by atoms with E-state index in [1.165, 1.54) is 37.0 Å². The summed E-state index contributed by atoms with van der Waals surface area (Å²) in [5, 5.41) is 3.09. The minimum absolute atomic E-state index is 0.108. The lowest BCUT2D eigenvalue weighted by molar-refractivity contribution is 0.0907. The van der Waals surface area contributed by atoms with Crippen LogP contribution in [0.25, 0.3) is 0 Å². The minimum atomic E-state index is -0.368. The lowest BCUT2D eigenvalue weighted by atomic mass is 9.70. The maximum absolute atomic E-state index is 13.5. The van der Waals surface area contributed by atoms with E-state index in [9.17, 15) is 9.18 Å². The Hall–Kier alpha value is -2.16. The minimum Gasteiger partial charge on any atom is -0.351 e. The van der Waals surface area contributed by atoms with E-state index in [0.717, 1.165) is 24.8 Å². The van der Waals surface area contributed by atoms with Crippen LogP contribution in [0, 0.1) is 18.2 Å². The topological polar surface area (TPSA) is 29.1 Å². The third-order valence-corrected chi connectivity index (χ3v) is 5.40. The van der Waals surface area contributed by atoms with Gasteiger partial charge in [0.1, 0.15) is 5.82 Å². The van der Waals surface area contributed by atoms with Gasteiger partial charge in [0, 0.05) is 12.1 Å². The zero-order valence-corrected chi connectivity index (χ0v) is 14.9. The normalized spacial score (nSPS) is 16.4. The number of hydrogen-bond donors (Lipinski definition) is 1. The van der Waals surface area contributed by atoms with Gasteiger partial charge in [-0.05, 0) is 54.9 Å². The Morgan fingerprint density at radius 3 is 2.52 bits per heavy atom. The Morgan fingerprint density at radius 2 is 1.80 bits per heavy atom. The Labute approximate surface area is 149 Å². The number of carbonyl (C=O) groups excluding carboxylic acids is 1. The molecule has 0 atom stereocenters. The fourth-order valence-corrected chi connectivity index (χ4v) is 3.95. The van der Waals surface area contributed by atoms with E-state index in [0.29, 0.717) is 12.1 Å². The number of halogens is 1. The summed E-state index contributed by atoms with van der Waals surface area (Å²) in [7, 11) is 0. The van der Waals surface area contributed by atoms with Gasteiger partial charge >= 0.3 is 0 Å². The highest BCUT2D eigenvalue weighted by Gasteiger charge is 2.32. The van der Waals surface area contributed by atoms with Crippen molar-refractivity contribution in [3.05, 3.63) is 71.0 Å². The van der Waals surface area contributed by atoms with Gasteiger partial charge in [0.05, 0.1) is 0 Å². The second kappa shape index (κ2) is 7.81. The van der Waals surface area contributed by atoms with Gasteiger partial charge in [-0.25, -0.2) is 4.39 Å². The molecular formula is C22H26FNO. The summed E-state index contributed by atoms with van der Waals surface area (Å²) in [4.78, 5) is 12.6. The zero-order valence-electron chi connectivity index (χ0n) is 14.9. The van der Waals surface area contributed by atoms with Crippen molar-refractivity contribution in [2.75, 3.05) is 6.54 Å². The van der Waals surface area contributed by atoms with Crippen LogP contribution in [0.4, 0.5) is 4.39 Å². The summed E-state index contributed by atoms with van der Waals surface area (Å²) in [5.41, 5.74) is 2.67. The van der Waals surface area contributed by atoms with Crippen molar-refractivity contribution >= 4 is 5.91 Å². The average molecular weight is 339 g/mol. The first-order valence-electron chi connectivity index (χ1n) is 9.16. The van der Waals surface area contributed by atoms with Gasteiger partial charge in [0.15, 0.2) is 0 Å². The quantitative estimate of drug-likeness (QED) is 0.811. The molecule has 3 rings (SSSR count). The number of carbonyl (C=O) groups is 1. The molecule has 0 spiro atoms. The van der Waals surface area contributed by atoms with Gasteiger partial charge in [0.2, 0.25) is 0 Å². The third-order valence-electron chi connectivity index (χ3n) is 5.40. The predicted octanol–water partition coefficient (Wildman–Crippen LogP) is 5.06. The van der Waals surface area contributed by atoms with Crippen LogP contribution in [0.1, 0.15) is 53.6 Å². The maximum atomic E-state index is 13.5. The lowest BCUT2D eigenvalue weighted by Gasteiger charge is -2.38.